The summed E-state index contributed by atoms with van der Waals surface area (Å²) in [6, 6.07) is 14.4. The number of halogens is 2. The van der Waals surface area contributed by atoms with Crippen LogP contribution in [0.3, 0.4) is 0 Å². The standard InChI is InChI=1S/C27H23F2N5O/c1-35-23-5-4-17(10-22(23)29)25-20(14-31)12-24(34-8-6-27(7-9-34)15-32-16-27)33-26(25)18-2-3-19(13-30)21(28)11-18/h2-5,10-12,32H,6-9,15-16H2,1H3. The minimum Gasteiger partial charge on any atom is -0.494 e. The Hall–Kier alpha value is -4.01. The van der Waals surface area contributed by atoms with Gasteiger partial charge in [-0.25, -0.2) is 13.8 Å². The van der Waals surface area contributed by atoms with E-state index in [9.17, 15) is 14.0 Å². The van der Waals surface area contributed by atoms with Crippen LogP contribution in [0, 0.1) is 39.7 Å². The van der Waals surface area contributed by atoms with Crippen molar-refractivity contribution in [2.75, 3.05) is 38.2 Å². The summed E-state index contributed by atoms with van der Waals surface area (Å²) in [7, 11) is 1.38. The number of piperidine rings is 1. The van der Waals surface area contributed by atoms with Gasteiger partial charge in [0, 0.05) is 37.3 Å². The summed E-state index contributed by atoms with van der Waals surface area (Å²) in [4.78, 5) is 7.01. The summed E-state index contributed by atoms with van der Waals surface area (Å²) >= 11 is 0. The van der Waals surface area contributed by atoms with Crippen LogP contribution in [0.1, 0.15) is 24.0 Å². The first kappa shape index (κ1) is 22.8. The third-order valence-electron chi connectivity index (χ3n) is 7.08. The molecular formula is C27H23F2N5O. The molecule has 2 aliphatic rings. The van der Waals surface area contributed by atoms with Gasteiger partial charge >= 0.3 is 0 Å². The van der Waals surface area contributed by atoms with E-state index in [1.54, 1.807) is 18.2 Å². The van der Waals surface area contributed by atoms with Gasteiger partial charge in [0.15, 0.2) is 11.6 Å². The molecule has 2 aliphatic heterocycles. The third-order valence-corrected chi connectivity index (χ3v) is 7.08. The summed E-state index contributed by atoms with van der Waals surface area (Å²) in [5, 5.41) is 22.6. The van der Waals surface area contributed by atoms with Crippen molar-refractivity contribution < 1.29 is 13.5 Å². The number of nitrogens with one attached hydrogen (secondary N) is 1. The van der Waals surface area contributed by atoms with Gasteiger partial charge in [0.25, 0.3) is 0 Å². The summed E-state index contributed by atoms with van der Waals surface area (Å²) in [5.74, 6) is -0.554. The van der Waals surface area contributed by atoms with Crippen LogP contribution in [0.15, 0.2) is 42.5 Å². The first-order valence-electron chi connectivity index (χ1n) is 11.4. The van der Waals surface area contributed by atoms with E-state index in [0.717, 1.165) is 39.0 Å². The van der Waals surface area contributed by atoms with E-state index in [-0.39, 0.29) is 11.3 Å². The molecular weight excluding hydrogens is 448 g/mol. The molecule has 2 fully saturated rings. The van der Waals surface area contributed by atoms with Crippen molar-refractivity contribution in [1.29, 1.82) is 10.5 Å². The maximum atomic E-state index is 14.6. The van der Waals surface area contributed by atoms with Gasteiger partial charge in [0.2, 0.25) is 0 Å². The van der Waals surface area contributed by atoms with Crippen LogP contribution in [0.5, 0.6) is 5.75 Å². The molecule has 0 amide bonds. The number of rotatable bonds is 4. The number of aromatic nitrogens is 1. The lowest BCUT2D eigenvalue weighted by molar-refractivity contribution is 0.126. The summed E-state index contributed by atoms with van der Waals surface area (Å²) in [5.41, 5.74) is 2.16. The van der Waals surface area contributed by atoms with Crippen LogP contribution in [0.4, 0.5) is 14.6 Å². The zero-order chi connectivity index (χ0) is 24.6. The highest BCUT2D eigenvalue weighted by atomic mass is 19.1. The number of ether oxygens (including phenoxy) is 1. The van der Waals surface area contributed by atoms with Crippen LogP contribution in [-0.4, -0.2) is 38.3 Å². The summed E-state index contributed by atoms with van der Waals surface area (Å²) in [6.07, 6.45) is 2.05. The molecule has 2 aromatic carbocycles. The molecule has 176 valence electrons. The quantitative estimate of drug-likeness (QED) is 0.597. The fraction of sp³-hybridized carbons (Fsp3) is 0.296. The largest absolute Gasteiger partial charge is 0.494 e. The highest BCUT2D eigenvalue weighted by molar-refractivity contribution is 5.87. The summed E-state index contributed by atoms with van der Waals surface area (Å²) in [6.45, 7) is 3.65. The highest BCUT2D eigenvalue weighted by Gasteiger charge is 2.40. The number of nitriles is 2. The molecule has 0 bridgehead atoms. The van der Waals surface area contributed by atoms with Gasteiger partial charge in [-0.05, 0) is 54.2 Å². The van der Waals surface area contributed by atoms with Gasteiger partial charge in [-0.15, -0.1) is 0 Å². The van der Waals surface area contributed by atoms with Crippen molar-refractivity contribution >= 4 is 5.82 Å². The second-order valence-electron chi connectivity index (χ2n) is 9.11. The fourth-order valence-electron chi connectivity index (χ4n) is 4.90. The van der Waals surface area contributed by atoms with Gasteiger partial charge in [-0.3, -0.25) is 0 Å². The van der Waals surface area contributed by atoms with Crippen molar-refractivity contribution in [3.8, 4) is 40.3 Å². The smallest absolute Gasteiger partial charge is 0.165 e. The third kappa shape index (κ3) is 4.07. The van der Waals surface area contributed by atoms with E-state index in [1.807, 2.05) is 6.07 Å². The van der Waals surface area contributed by atoms with E-state index in [4.69, 9.17) is 15.0 Å². The van der Waals surface area contributed by atoms with Crippen LogP contribution < -0.4 is 15.0 Å². The number of hydrogen-bond acceptors (Lipinski definition) is 6. The Morgan fingerprint density at radius 1 is 0.943 bits per heavy atom. The lowest BCUT2D eigenvalue weighted by Gasteiger charge is -2.48. The molecule has 3 heterocycles. The fourth-order valence-corrected chi connectivity index (χ4v) is 4.90. The molecule has 0 radical (unpaired) electrons. The Kier molecular flexibility index (Phi) is 5.84. The number of pyridine rings is 1. The van der Waals surface area contributed by atoms with Crippen molar-refractivity contribution in [3.05, 3.63) is 65.2 Å². The lowest BCUT2D eigenvalue weighted by Crippen LogP contribution is -2.58. The van der Waals surface area contributed by atoms with E-state index < -0.39 is 11.6 Å². The normalized spacial score (nSPS) is 16.3. The average molecular weight is 472 g/mol. The molecule has 35 heavy (non-hydrogen) atoms. The molecule has 0 saturated carbocycles. The van der Waals surface area contributed by atoms with Gasteiger partial charge < -0.3 is 15.0 Å². The molecule has 1 aromatic heterocycles. The maximum Gasteiger partial charge on any atom is 0.165 e. The Morgan fingerprint density at radius 2 is 1.63 bits per heavy atom. The second kappa shape index (κ2) is 8.98. The zero-order valence-corrected chi connectivity index (χ0v) is 19.2. The van der Waals surface area contributed by atoms with Gasteiger partial charge in [0.05, 0.1) is 30.0 Å². The minimum atomic E-state index is -0.681. The molecule has 0 unspecified atom stereocenters. The number of methoxy groups -OCH3 is 1. The minimum absolute atomic E-state index is 0.0792. The molecule has 6 nitrogen and oxygen atoms in total. The number of hydrogen-bond donors (Lipinski definition) is 1. The molecule has 5 rings (SSSR count). The zero-order valence-electron chi connectivity index (χ0n) is 19.2. The van der Waals surface area contributed by atoms with Crippen LogP contribution in [-0.2, 0) is 0 Å². The average Bonchev–Trinajstić information content (AvgIpc) is 2.87. The highest BCUT2D eigenvalue weighted by Crippen LogP contribution is 2.40. The Bertz CT molecular complexity index is 1380. The predicted octanol–water partition coefficient (Wildman–Crippen LogP) is 4.64. The molecule has 0 aliphatic carbocycles. The SMILES string of the molecule is COc1ccc(-c2c(C#N)cc(N3CCC4(CC3)CNC4)nc2-c2ccc(C#N)c(F)c2)cc1F. The van der Waals surface area contributed by atoms with Crippen molar-refractivity contribution in [2.24, 2.45) is 5.41 Å². The molecule has 2 saturated heterocycles. The first-order chi connectivity index (χ1) is 17.0. The van der Waals surface area contributed by atoms with E-state index in [2.05, 4.69) is 16.3 Å². The van der Waals surface area contributed by atoms with E-state index in [0.29, 0.717) is 39.2 Å². The topological polar surface area (TPSA) is 85.0 Å². The first-order valence-corrected chi connectivity index (χ1v) is 11.4. The second-order valence-corrected chi connectivity index (χ2v) is 9.11. The summed E-state index contributed by atoms with van der Waals surface area (Å²) < 4.78 is 34.2. The predicted molar refractivity (Wildman–Crippen MR) is 128 cm³/mol. The molecule has 0 atom stereocenters. The molecule has 1 spiro atoms. The molecule has 8 heteroatoms. The Labute approximate surface area is 202 Å². The van der Waals surface area contributed by atoms with Crippen molar-refractivity contribution in [3.63, 3.8) is 0 Å². The molecule has 1 N–H and O–H groups in total. The maximum absolute atomic E-state index is 14.6. The molecule has 3 aromatic rings. The van der Waals surface area contributed by atoms with E-state index in [1.165, 1.54) is 31.4 Å². The van der Waals surface area contributed by atoms with Gasteiger partial charge in [0.1, 0.15) is 17.7 Å². The van der Waals surface area contributed by atoms with Crippen molar-refractivity contribution in [1.82, 2.24) is 10.3 Å². The monoisotopic (exact) mass is 471 g/mol. The van der Waals surface area contributed by atoms with Crippen LogP contribution >= 0.6 is 0 Å². The Balaban J connectivity index is 1.65. The number of nitrogens with zero attached hydrogens (tertiary/aromatic N) is 4. The van der Waals surface area contributed by atoms with Gasteiger partial charge in [-0.2, -0.15) is 10.5 Å². The van der Waals surface area contributed by atoms with Crippen molar-refractivity contribution in [2.45, 2.75) is 12.8 Å². The van der Waals surface area contributed by atoms with Gasteiger partial charge in [-0.1, -0.05) is 12.1 Å². The van der Waals surface area contributed by atoms with Crippen LogP contribution in [0.2, 0.25) is 0 Å². The van der Waals surface area contributed by atoms with Crippen LogP contribution in [0.25, 0.3) is 22.4 Å². The lowest BCUT2D eigenvalue weighted by atomic mass is 9.73. The Morgan fingerprint density at radius 3 is 2.20 bits per heavy atom. The number of benzene rings is 2. The number of anilines is 1. The van der Waals surface area contributed by atoms with E-state index >= 15 is 0 Å².